The highest BCUT2D eigenvalue weighted by molar-refractivity contribution is 5.62. The highest BCUT2D eigenvalue weighted by atomic mass is 14.0. The molecule has 0 fully saturated rings. The molecule has 0 unspecified atom stereocenters. The molecular formula is C18H15. The van der Waals surface area contributed by atoms with E-state index in [1.807, 2.05) is 42.5 Å². The lowest BCUT2D eigenvalue weighted by molar-refractivity contribution is 1.62. The normalized spacial score (nSPS) is 9.11. The van der Waals surface area contributed by atoms with Gasteiger partial charge in [0.2, 0.25) is 0 Å². The number of rotatable bonds is 1. The summed E-state index contributed by atoms with van der Waals surface area (Å²) in [6.45, 7) is 0. The summed E-state index contributed by atoms with van der Waals surface area (Å²) in [4.78, 5) is 0. The second kappa shape index (κ2) is 7.08. The number of hydrogen-bond acceptors (Lipinski definition) is 0. The van der Waals surface area contributed by atoms with E-state index < -0.39 is 0 Å². The van der Waals surface area contributed by atoms with Crippen LogP contribution in [0.25, 0.3) is 11.1 Å². The van der Waals surface area contributed by atoms with Crippen molar-refractivity contribution in [2.24, 2.45) is 0 Å². The summed E-state index contributed by atoms with van der Waals surface area (Å²) in [5.74, 6) is 0. The third-order valence-electron chi connectivity index (χ3n) is 2.49. The van der Waals surface area contributed by atoms with Gasteiger partial charge in [0.05, 0.1) is 0 Å². The minimum Gasteiger partial charge on any atom is -0.0622 e. The molecular weight excluding hydrogens is 216 g/mol. The molecule has 1 radical (unpaired) electrons. The van der Waals surface area contributed by atoms with Crippen LogP contribution in [0, 0.1) is 6.07 Å². The zero-order chi connectivity index (χ0) is 12.5. The van der Waals surface area contributed by atoms with Gasteiger partial charge in [0.1, 0.15) is 0 Å². The fourth-order valence-corrected chi connectivity index (χ4v) is 1.60. The van der Waals surface area contributed by atoms with E-state index in [-0.39, 0.29) is 0 Å². The summed E-state index contributed by atoms with van der Waals surface area (Å²) in [6.07, 6.45) is 0. The Bertz CT molecular complexity index is 463. The van der Waals surface area contributed by atoms with Gasteiger partial charge in [0, 0.05) is 0 Å². The molecule has 0 saturated carbocycles. The second-order valence-electron chi connectivity index (χ2n) is 3.81. The van der Waals surface area contributed by atoms with Crippen molar-refractivity contribution in [2.45, 2.75) is 0 Å². The highest BCUT2D eigenvalue weighted by Crippen LogP contribution is 2.17. The molecule has 0 aliphatic heterocycles. The molecule has 0 N–H and O–H groups in total. The van der Waals surface area contributed by atoms with Crippen LogP contribution in [0.4, 0.5) is 0 Å². The van der Waals surface area contributed by atoms with Crippen LogP contribution in [0.5, 0.6) is 0 Å². The predicted octanol–water partition coefficient (Wildman–Crippen LogP) is 4.84. The Morgan fingerprint density at radius 2 is 0.833 bits per heavy atom. The van der Waals surface area contributed by atoms with Gasteiger partial charge in [-0.25, -0.2) is 0 Å². The first kappa shape index (κ1) is 12.1. The number of benzene rings is 3. The van der Waals surface area contributed by atoms with Crippen molar-refractivity contribution < 1.29 is 0 Å². The SMILES string of the molecule is [c]1ccccc1.c1ccc(-c2ccccc2)cc1. The molecule has 3 aromatic rings. The maximum Gasteiger partial charge on any atom is -0.0184 e. The van der Waals surface area contributed by atoms with Crippen LogP contribution in [0.3, 0.4) is 0 Å². The van der Waals surface area contributed by atoms with E-state index >= 15 is 0 Å². The smallest absolute Gasteiger partial charge is 0.0184 e. The largest absolute Gasteiger partial charge is 0.0622 e. The van der Waals surface area contributed by atoms with Gasteiger partial charge in [-0.1, -0.05) is 91.0 Å². The Hall–Kier alpha value is -2.34. The topological polar surface area (TPSA) is 0 Å². The molecule has 3 rings (SSSR count). The number of hydrogen-bond donors (Lipinski definition) is 0. The summed E-state index contributed by atoms with van der Waals surface area (Å²) in [5.41, 5.74) is 2.55. The Balaban J connectivity index is 0.000000169. The van der Waals surface area contributed by atoms with E-state index in [1.165, 1.54) is 11.1 Å². The van der Waals surface area contributed by atoms with E-state index in [9.17, 15) is 0 Å². The molecule has 0 saturated heterocycles. The van der Waals surface area contributed by atoms with E-state index in [0.717, 1.165) is 0 Å². The van der Waals surface area contributed by atoms with Gasteiger partial charge in [0.15, 0.2) is 0 Å². The van der Waals surface area contributed by atoms with E-state index in [4.69, 9.17) is 0 Å². The minimum absolute atomic E-state index is 1.28. The minimum atomic E-state index is 1.28. The third kappa shape index (κ3) is 3.91. The fraction of sp³-hybridized carbons (Fsp3) is 0. The molecule has 0 aliphatic rings. The average Bonchev–Trinajstić information content (AvgIpc) is 2.51. The molecule has 0 aliphatic carbocycles. The zero-order valence-electron chi connectivity index (χ0n) is 10.2. The van der Waals surface area contributed by atoms with E-state index in [1.54, 1.807) is 0 Å². The molecule has 3 aromatic carbocycles. The van der Waals surface area contributed by atoms with Crippen LogP contribution in [-0.2, 0) is 0 Å². The summed E-state index contributed by atoms with van der Waals surface area (Å²) in [7, 11) is 0. The maximum absolute atomic E-state index is 2.89. The van der Waals surface area contributed by atoms with Gasteiger partial charge < -0.3 is 0 Å². The molecule has 0 heteroatoms. The molecule has 0 aromatic heterocycles. The molecule has 0 heterocycles. The maximum atomic E-state index is 2.89. The van der Waals surface area contributed by atoms with Crippen molar-refractivity contribution in [3.05, 3.63) is 97.1 Å². The van der Waals surface area contributed by atoms with Gasteiger partial charge in [-0.05, 0) is 17.2 Å². The van der Waals surface area contributed by atoms with Crippen LogP contribution in [-0.4, -0.2) is 0 Å². The van der Waals surface area contributed by atoms with Crippen LogP contribution in [0.1, 0.15) is 0 Å². The average molecular weight is 231 g/mol. The van der Waals surface area contributed by atoms with Crippen molar-refractivity contribution >= 4 is 0 Å². The van der Waals surface area contributed by atoms with Crippen LogP contribution >= 0.6 is 0 Å². The lowest BCUT2D eigenvalue weighted by atomic mass is 10.1. The lowest BCUT2D eigenvalue weighted by Crippen LogP contribution is -1.73. The standard InChI is InChI=1S/C12H10.C6H5/c1-3-7-11(8-4-1)12-9-5-2-6-10-12;1-2-4-6-5-3-1/h1-10H;1-5H. The zero-order valence-corrected chi connectivity index (χ0v) is 10.2. The molecule has 0 nitrogen and oxygen atoms in total. The summed E-state index contributed by atoms with van der Waals surface area (Å²) >= 11 is 0. The van der Waals surface area contributed by atoms with Gasteiger partial charge in [-0.2, -0.15) is 0 Å². The van der Waals surface area contributed by atoms with Crippen molar-refractivity contribution in [2.75, 3.05) is 0 Å². The lowest BCUT2D eigenvalue weighted by Gasteiger charge is -1.98. The molecule has 0 amide bonds. The van der Waals surface area contributed by atoms with Crippen LogP contribution in [0.15, 0.2) is 91.0 Å². The van der Waals surface area contributed by atoms with Crippen LogP contribution in [0.2, 0.25) is 0 Å². The second-order valence-corrected chi connectivity index (χ2v) is 3.81. The fourth-order valence-electron chi connectivity index (χ4n) is 1.60. The first-order chi connectivity index (χ1) is 8.97. The Kier molecular flexibility index (Phi) is 4.77. The van der Waals surface area contributed by atoms with Crippen molar-refractivity contribution in [1.29, 1.82) is 0 Å². The quantitative estimate of drug-likeness (QED) is 0.562. The van der Waals surface area contributed by atoms with Crippen molar-refractivity contribution in [3.63, 3.8) is 0 Å². The van der Waals surface area contributed by atoms with E-state index in [0.29, 0.717) is 0 Å². The Morgan fingerprint density at radius 3 is 1.11 bits per heavy atom. The first-order valence-electron chi connectivity index (χ1n) is 5.98. The van der Waals surface area contributed by atoms with Gasteiger partial charge >= 0.3 is 0 Å². The predicted molar refractivity (Wildman–Crippen MR) is 77.2 cm³/mol. The first-order valence-corrected chi connectivity index (χ1v) is 5.98. The summed E-state index contributed by atoms with van der Waals surface area (Å²) < 4.78 is 0. The molecule has 18 heavy (non-hydrogen) atoms. The third-order valence-corrected chi connectivity index (χ3v) is 2.49. The van der Waals surface area contributed by atoms with Gasteiger partial charge in [0.25, 0.3) is 0 Å². The molecule has 87 valence electrons. The van der Waals surface area contributed by atoms with Gasteiger partial charge in [-0.3, -0.25) is 0 Å². The monoisotopic (exact) mass is 231 g/mol. The van der Waals surface area contributed by atoms with Crippen molar-refractivity contribution in [3.8, 4) is 11.1 Å². The Labute approximate surface area is 109 Å². The van der Waals surface area contributed by atoms with E-state index in [2.05, 4.69) is 54.6 Å². The molecule has 0 bridgehead atoms. The van der Waals surface area contributed by atoms with Crippen LogP contribution < -0.4 is 0 Å². The molecule has 0 spiro atoms. The Morgan fingerprint density at radius 1 is 0.444 bits per heavy atom. The van der Waals surface area contributed by atoms with Gasteiger partial charge in [-0.15, -0.1) is 0 Å². The van der Waals surface area contributed by atoms with Crippen molar-refractivity contribution in [1.82, 2.24) is 0 Å². The molecule has 0 atom stereocenters. The summed E-state index contributed by atoms with van der Waals surface area (Å²) in [5, 5.41) is 0. The highest BCUT2D eigenvalue weighted by Gasteiger charge is 1.91. The summed E-state index contributed by atoms with van der Waals surface area (Å²) in [6, 6.07) is 33.3.